The maximum absolute atomic E-state index is 12.2. The van der Waals surface area contributed by atoms with Gasteiger partial charge in [0, 0.05) is 0 Å². The van der Waals surface area contributed by atoms with E-state index in [1.165, 1.54) is 7.11 Å². The second-order valence-corrected chi connectivity index (χ2v) is 7.10. The molecule has 1 unspecified atom stereocenters. The van der Waals surface area contributed by atoms with Crippen molar-refractivity contribution in [2.24, 2.45) is 0 Å². The summed E-state index contributed by atoms with van der Waals surface area (Å²) >= 11 is 0. The van der Waals surface area contributed by atoms with Crippen molar-refractivity contribution in [1.82, 2.24) is 0 Å². The van der Waals surface area contributed by atoms with Gasteiger partial charge >= 0.3 is 5.97 Å². The maximum Gasteiger partial charge on any atom is 0.343 e. The average Bonchev–Trinajstić information content (AvgIpc) is 2.64. The van der Waals surface area contributed by atoms with Gasteiger partial charge in [0.05, 0.1) is 7.11 Å². The fourth-order valence-corrected chi connectivity index (χ4v) is 4.66. The molecule has 0 aliphatic heterocycles. The van der Waals surface area contributed by atoms with Crippen LogP contribution in [-0.4, -0.2) is 18.2 Å². The molecule has 3 rings (SSSR count). The lowest BCUT2D eigenvalue weighted by Crippen LogP contribution is -2.12. The van der Waals surface area contributed by atoms with Crippen LogP contribution in [-0.2, 0) is 15.6 Å². The first kappa shape index (κ1) is 16.1. The minimum atomic E-state index is -0.469. The molecule has 0 amide bonds. The van der Waals surface area contributed by atoms with Crippen molar-refractivity contribution >= 4 is 16.9 Å². The van der Waals surface area contributed by atoms with Crippen LogP contribution in [0.1, 0.15) is 10.4 Å². The van der Waals surface area contributed by atoms with Crippen molar-refractivity contribution in [3.63, 3.8) is 0 Å². The number of benzene rings is 3. The van der Waals surface area contributed by atoms with Crippen molar-refractivity contribution in [3.8, 4) is 5.75 Å². The van der Waals surface area contributed by atoms with Gasteiger partial charge in [-0.25, -0.2) is 4.79 Å². The molecule has 0 radical (unpaired) electrons. The molecule has 0 aliphatic carbocycles. The molecule has 1 atom stereocenters. The molecule has 0 saturated carbocycles. The van der Waals surface area contributed by atoms with Crippen LogP contribution in [0.15, 0.2) is 93.5 Å². The van der Waals surface area contributed by atoms with E-state index >= 15 is 0 Å². The minimum absolute atomic E-state index is 0.219. The Hall–Kier alpha value is -2.72. The highest BCUT2D eigenvalue weighted by atomic mass is 32.2. The van der Waals surface area contributed by atoms with Crippen LogP contribution in [0.5, 0.6) is 5.75 Å². The smallest absolute Gasteiger partial charge is 0.343 e. The van der Waals surface area contributed by atoms with Crippen molar-refractivity contribution in [2.45, 2.75) is 14.7 Å². The van der Waals surface area contributed by atoms with Crippen LogP contribution in [0.25, 0.3) is 0 Å². The van der Waals surface area contributed by atoms with Crippen molar-refractivity contribution in [1.29, 1.82) is 0 Å². The van der Waals surface area contributed by atoms with Gasteiger partial charge in [-0.2, -0.15) is 0 Å². The molecule has 3 aromatic rings. The molecule has 0 aromatic heterocycles. The number of aromatic hydroxyl groups is 1. The summed E-state index contributed by atoms with van der Waals surface area (Å²) in [6.07, 6.45) is 0. The SMILES string of the molecule is COC(=O)c1ccccc1[S+](c1ccccc1)c1ccc(O)cc1. The highest BCUT2D eigenvalue weighted by Crippen LogP contribution is 2.34. The Morgan fingerprint density at radius 3 is 2.08 bits per heavy atom. The quantitative estimate of drug-likeness (QED) is 0.571. The zero-order chi connectivity index (χ0) is 16.9. The number of esters is 1. The molecule has 0 saturated heterocycles. The highest BCUT2D eigenvalue weighted by molar-refractivity contribution is 7.97. The van der Waals surface area contributed by atoms with Gasteiger partial charge in [0.15, 0.2) is 14.7 Å². The fraction of sp³-hybridized carbons (Fsp3) is 0.0500. The van der Waals surface area contributed by atoms with E-state index in [1.807, 2.05) is 60.7 Å². The van der Waals surface area contributed by atoms with Gasteiger partial charge in [0.1, 0.15) is 22.2 Å². The van der Waals surface area contributed by atoms with E-state index in [-0.39, 0.29) is 11.7 Å². The Balaban J connectivity index is 2.20. The lowest BCUT2D eigenvalue weighted by molar-refractivity contribution is 0.0596. The van der Waals surface area contributed by atoms with E-state index in [0.717, 1.165) is 14.7 Å². The summed E-state index contributed by atoms with van der Waals surface area (Å²) in [4.78, 5) is 15.2. The van der Waals surface area contributed by atoms with Gasteiger partial charge < -0.3 is 9.84 Å². The zero-order valence-corrected chi connectivity index (χ0v) is 14.0. The van der Waals surface area contributed by atoms with E-state index < -0.39 is 10.9 Å². The molecular weight excluding hydrogens is 320 g/mol. The molecule has 120 valence electrons. The monoisotopic (exact) mass is 337 g/mol. The zero-order valence-electron chi connectivity index (χ0n) is 13.2. The Bertz CT molecular complexity index is 829. The van der Waals surface area contributed by atoms with Crippen molar-refractivity contribution < 1.29 is 14.6 Å². The maximum atomic E-state index is 12.2. The molecule has 1 N–H and O–H groups in total. The molecule has 0 heterocycles. The predicted molar refractivity (Wildman–Crippen MR) is 94.5 cm³/mol. The number of rotatable bonds is 4. The van der Waals surface area contributed by atoms with E-state index in [9.17, 15) is 9.90 Å². The summed E-state index contributed by atoms with van der Waals surface area (Å²) in [5.41, 5.74) is 0.556. The average molecular weight is 337 g/mol. The van der Waals surface area contributed by atoms with E-state index in [2.05, 4.69) is 0 Å². The predicted octanol–water partition coefficient (Wildman–Crippen LogP) is 4.27. The number of hydrogen-bond acceptors (Lipinski definition) is 3. The van der Waals surface area contributed by atoms with E-state index in [1.54, 1.807) is 18.2 Å². The van der Waals surface area contributed by atoms with Gasteiger partial charge in [-0.15, -0.1) is 0 Å². The molecule has 0 spiro atoms. The third-order valence-electron chi connectivity index (χ3n) is 3.56. The number of ether oxygens (including phenoxy) is 1. The second kappa shape index (κ2) is 7.23. The molecule has 24 heavy (non-hydrogen) atoms. The van der Waals surface area contributed by atoms with E-state index in [4.69, 9.17) is 4.74 Å². The number of hydrogen-bond donors (Lipinski definition) is 1. The van der Waals surface area contributed by atoms with E-state index in [0.29, 0.717) is 5.56 Å². The second-order valence-electron chi connectivity index (χ2n) is 5.10. The van der Waals surface area contributed by atoms with Gasteiger partial charge in [0.2, 0.25) is 0 Å². The topological polar surface area (TPSA) is 46.5 Å². The van der Waals surface area contributed by atoms with Gasteiger partial charge in [0.25, 0.3) is 0 Å². The van der Waals surface area contributed by atoms with Gasteiger partial charge in [-0.05, 0) is 48.5 Å². The summed E-state index contributed by atoms with van der Waals surface area (Å²) in [5.74, 6) is -0.130. The molecule has 0 bridgehead atoms. The first-order chi connectivity index (χ1) is 11.7. The fourth-order valence-electron chi connectivity index (χ4n) is 2.45. The van der Waals surface area contributed by atoms with Crippen LogP contribution in [0, 0.1) is 0 Å². The minimum Gasteiger partial charge on any atom is -0.508 e. The van der Waals surface area contributed by atoms with Crippen LogP contribution >= 0.6 is 0 Å². The van der Waals surface area contributed by atoms with Crippen LogP contribution in [0.4, 0.5) is 0 Å². The molecule has 0 aliphatic rings. The van der Waals surface area contributed by atoms with Gasteiger partial charge in [-0.1, -0.05) is 30.3 Å². The Morgan fingerprint density at radius 1 is 0.833 bits per heavy atom. The van der Waals surface area contributed by atoms with Crippen LogP contribution in [0.2, 0.25) is 0 Å². The number of phenolic OH excluding ortho intramolecular Hbond substituents is 1. The summed E-state index contributed by atoms with van der Waals surface area (Å²) < 4.78 is 4.94. The number of carbonyl (C=O) groups is 1. The number of carbonyl (C=O) groups excluding carboxylic acids is 1. The molecular formula is C20H17O3S+. The van der Waals surface area contributed by atoms with Crippen molar-refractivity contribution in [2.75, 3.05) is 7.11 Å². The normalized spacial score (nSPS) is 11.7. The third kappa shape index (κ3) is 3.29. The van der Waals surface area contributed by atoms with Crippen LogP contribution < -0.4 is 0 Å². The molecule has 0 fully saturated rings. The molecule has 3 aromatic carbocycles. The summed E-state index contributed by atoms with van der Waals surface area (Å²) in [7, 11) is 0.921. The van der Waals surface area contributed by atoms with Crippen molar-refractivity contribution in [3.05, 3.63) is 84.4 Å². The Labute approximate surface area is 143 Å². The number of methoxy groups -OCH3 is 1. The lowest BCUT2D eigenvalue weighted by atomic mass is 10.2. The Kier molecular flexibility index (Phi) is 4.87. The van der Waals surface area contributed by atoms with Crippen LogP contribution in [0.3, 0.4) is 0 Å². The summed E-state index contributed by atoms with van der Waals surface area (Å²) in [6.45, 7) is 0. The standard InChI is InChI=1S/C20H16O3S/c1-23-20(22)18-9-5-6-10-19(18)24(16-7-3-2-4-8-16)17-13-11-15(21)12-14-17/h2-14H,1H3/p+1. The van der Waals surface area contributed by atoms with Gasteiger partial charge in [-0.3, -0.25) is 0 Å². The first-order valence-corrected chi connectivity index (χ1v) is 8.69. The Morgan fingerprint density at radius 2 is 1.42 bits per heavy atom. The lowest BCUT2D eigenvalue weighted by Gasteiger charge is -2.11. The number of phenols is 1. The largest absolute Gasteiger partial charge is 0.508 e. The summed E-state index contributed by atoms with van der Waals surface area (Å²) in [6, 6.07) is 24.6. The molecule has 3 nitrogen and oxygen atoms in total. The highest BCUT2D eigenvalue weighted by Gasteiger charge is 2.33. The summed E-state index contributed by atoms with van der Waals surface area (Å²) in [5, 5.41) is 9.59. The first-order valence-electron chi connectivity index (χ1n) is 7.46. The third-order valence-corrected chi connectivity index (χ3v) is 5.85. The molecule has 4 heteroatoms.